The summed E-state index contributed by atoms with van der Waals surface area (Å²) in [4.78, 5) is 200. The van der Waals surface area contributed by atoms with E-state index in [1.54, 1.807) is 20.8 Å². The van der Waals surface area contributed by atoms with Gasteiger partial charge in [-0.3, -0.25) is 57.5 Å². The van der Waals surface area contributed by atoms with Gasteiger partial charge < -0.3 is 78.6 Å². The van der Waals surface area contributed by atoms with Crippen LogP contribution in [-0.2, 0) is 78.4 Å². The van der Waals surface area contributed by atoms with E-state index in [1.165, 1.54) is 13.8 Å². The highest BCUT2D eigenvalue weighted by atomic mass is 16.6. The van der Waals surface area contributed by atoms with Crippen LogP contribution in [0.25, 0.3) is 0 Å². The molecule has 0 aliphatic rings. The summed E-state index contributed by atoms with van der Waals surface area (Å²) in [5, 5.41) is 36.7. The molecule has 0 aromatic heterocycles. The van der Waals surface area contributed by atoms with Crippen LogP contribution in [0.2, 0.25) is 0 Å². The van der Waals surface area contributed by atoms with E-state index in [-0.39, 0.29) is 155 Å². The number of esters is 1. The molecule has 1 rings (SSSR count). The molecule has 117 heavy (non-hydrogen) atoms. The fourth-order valence-corrected chi connectivity index (χ4v) is 13.2. The molecular weight excluding hydrogens is 1500 g/mol. The third-order valence-corrected chi connectivity index (χ3v) is 18.6. The summed E-state index contributed by atoms with van der Waals surface area (Å²) < 4.78 is 11.1. The van der Waals surface area contributed by atoms with Gasteiger partial charge in [0.05, 0.1) is 0 Å². The summed E-state index contributed by atoms with van der Waals surface area (Å²) >= 11 is 0. The summed E-state index contributed by atoms with van der Waals surface area (Å²) in [5.74, 6) is -10.5. The zero-order chi connectivity index (χ0) is 89.9. The maximum atomic E-state index is 14.7. The largest absolute Gasteiger partial charge is 0.459 e. The number of carbonyl (C=O) groups is 14. The van der Waals surface area contributed by atoms with Gasteiger partial charge >= 0.3 is 12.1 Å². The molecule has 1 aromatic carbocycles. The molecule has 0 spiro atoms. The van der Waals surface area contributed by atoms with Gasteiger partial charge in [-0.25, -0.2) is 9.59 Å². The number of hydrogen-bond acceptors (Lipinski definition) is 16. The van der Waals surface area contributed by atoms with Crippen LogP contribution >= 0.6 is 0 Å². The van der Waals surface area contributed by atoms with Crippen molar-refractivity contribution in [1.82, 2.24) is 69.1 Å². The highest BCUT2D eigenvalue weighted by Crippen LogP contribution is 2.21. The van der Waals surface area contributed by atoms with Crippen LogP contribution in [0.5, 0.6) is 0 Å². The first-order valence-corrected chi connectivity index (χ1v) is 42.9. The summed E-state index contributed by atoms with van der Waals surface area (Å²) in [6, 6.07) is -4.99. The molecule has 0 saturated carbocycles. The molecule has 13 N–H and O–H groups in total. The Hall–Kier alpha value is -8.40. The second kappa shape index (κ2) is 51.8. The van der Waals surface area contributed by atoms with Crippen molar-refractivity contribution in [3.05, 3.63) is 35.9 Å². The zero-order valence-corrected chi connectivity index (χ0v) is 76.5. The second-order valence-corrected chi connectivity index (χ2v) is 38.6. The lowest BCUT2D eigenvalue weighted by molar-refractivity contribution is -0.150. The first kappa shape index (κ1) is 107. The Morgan fingerprint density at radius 3 is 0.658 bits per heavy atom. The van der Waals surface area contributed by atoms with Crippen molar-refractivity contribution >= 4 is 82.9 Å². The van der Waals surface area contributed by atoms with Gasteiger partial charge in [0.15, 0.2) is 0 Å². The van der Waals surface area contributed by atoms with Crippen LogP contribution in [0.4, 0.5) is 4.79 Å². The van der Waals surface area contributed by atoms with Crippen LogP contribution in [0.15, 0.2) is 30.3 Å². The van der Waals surface area contributed by atoms with E-state index in [4.69, 9.17) is 9.47 Å². The average Bonchev–Trinajstić information content (AvgIpc) is 0.852. The van der Waals surface area contributed by atoms with Crippen molar-refractivity contribution in [2.45, 2.75) is 368 Å². The molecule has 0 bridgehead atoms. The molecule has 29 heteroatoms. The standard InChI is InChI=1S/C88H155N13O16/c1-48(2)35-61(73(102)90-64(38-51(7)8)76(105)94-68(42-55(15)16)80(109)98-72(46-59(23)24)84(113)116-47-60-33-31-30-32-34-60)91-77(106)65(39-52(9)10)95-81(110)69(43-56(17)18)99-85(114)88(28,29)101-83(112)71(45-58(21)22)97-79(108)67(41-54(13)14)93-75(104)63(37-50(5)6)89-74(103)62(36-49(3)4)92-78(107)66(40-53(11)12)96-82(111)70(44-57(19)20)100-86(115)117-87(25,26)27/h30-34,48-59,61-72H,35-47H2,1-29H3,(H,89,103)(H,90,102)(H,91,106)(H,92,107)(H,93,104)(H,94,105)(H,95,110)(H,96,111)(H,97,108)(H,98,109)(H,99,114)(H,100,115)(H,101,112)/t61-,62-,63-,64-,65-,66-,67-,68-,69-,70-,71-,72-/m0/s1. The number of benzene rings is 1. The molecule has 29 nitrogen and oxygen atoms in total. The Bertz CT molecular complexity index is 3330. The third-order valence-electron chi connectivity index (χ3n) is 18.6. The van der Waals surface area contributed by atoms with E-state index >= 15 is 0 Å². The number of hydrogen-bond donors (Lipinski definition) is 13. The van der Waals surface area contributed by atoms with Gasteiger partial charge in [0.1, 0.15) is 90.2 Å². The van der Waals surface area contributed by atoms with Crippen molar-refractivity contribution in [2.75, 3.05) is 0 Å². The summed E-state index contributed by atoms with van der Waals surface area (Å²) in [5.41, 5.74) is -1.82. The smallest absolute Gasteiger partial charge is 0.408 e. The van der Waals surface area contributed by atoms with E-state index in [9.17, 15) is 67.1 Å². The first-order chi connectivity index (χ1) is 54.0. The van der Waals surface area contributed by atoms with Crippen molar-refractivity contribution < 1.29 is 76.6 Å². The highest BCUT2D eigenvalue weighted by Gasteiger charge is 2.41. The number of carbonyl (C=O) groups excluding carboxylic acids is 14. The Kier molecular flexibility index (Phi) is 47.2. The molecule has 0 heterocycles. The fourth-order valence-electron chi connectivity index (χ4n) is 13.2. The van der Waals surface area contributed by atoms with Crippen LogP contribution in [0, 0.1) is 71.0 Å². The van der Waals surface area contributed by atoms with Crippen molar-refractivity contribution in [1.29, 1.82) is 0 Å². The normalized spacial score (nSPS) is 15.1. The van der Waals surface area contributed by atoms with Gasteiger partial charge in [-0.15, -0.1) is 0 Å². The summed E-state index contributed by atoms with van der Waals surface area (Å²) in [7, 11) is 0. The van der Waals surface area contributed by atoms with Crippen LogP contribution in [0.1, 0.15) is 283 Å². The Labute approximate surface area is 700 Å². The number of ether oxygens (including phenoxy) is 2. The monoisotopic (exact) mass is 1650 g/mol. The fraction of sp³-hybridized carbons (Fsp3) is 0.773. The van der Waals surface area contributed by atoms with Gasteiger partial charge in [0.25, 0.3) is 0 Å². The maximum Gasteiger partial charge on any atom is 0.408 e. The molecule has 13 amide bonds. The Morgan fingerprint density at radius 1 is 0.256 bits per heavy atom. The Balaban J connectivity index is 3.59. The van der Waals surface area contributed by atoms with E-state index in [2.05, 4.69) is 69.1 Å². The summed E-state index contributed by atoms with van der Waals surface area (Å²) in [6.45, 7) is 52.7. The zero-order valence-electron chi connectivity index (χ0n) is 76.5. The van der Waals surface area contributed by atoms with Crippen LogP contribution in [-0.4, -0.2) is 167 Å². The number of rotatable bonds is 52. The molecule has 0 aliphatic carbocycles. The molecule has 12 atom stereocenters. The van der Waals surface area contributed by atoms with Crippen molar-refractivity contribution in [3.8, 4) is 0 Å². The summed E-state index contributed by atoms with van der Waals surface area (Å²) in [6.07, 6.45) is 0.950. The van der Waals surface area contributed by atoms with E-state index in [0.29, 0.717) is 0 Å². The molecule has 0 radical (unpaired) electrons. The van der Waals surface area contributed by atoms with E-state index < -0.39 is 167 Å². The molecule has 0 saturated heterocycles. The minimum atomic E-state index is -1.75. The number of amides is 13. The number of alkyl carbamates (subject to hydrolysis) is 1. The van der Waals surface area contributed by atoms with Gasteiger partial charge in [0.2, 0.25) is 70.9 Å². The minimum absolute atomic E-state index is 0.000369. The van der Waals surface area contributed by atoms with Gasteiger partial charge in [-0.2, -0.15) is 0 Å². The van der Waals surface area contributed by atoms with Crippen molar-refractivity contribution in [2.24, 2.45) is 71.0 Å². The molecule has 668 valence electrons. The minimum Gasteiger partial charge on any atom is -0.459 e. The molecule has 1 aromatic rings. The quantitative estimate of drug-likeness (QED) is 0.0270. The van der Waals surface area contributed by atoms with E-state index in [0.717, 1.165) is 5.56 Å². The predicted octanol–water partition coefficient (Wildman–Crippen LogP) is 9.40. The van der Waals surface area contributed by atoms with Gasteiger partial charge in [-0.05, 0) is 188 Å². The number of nitrogens with one attached hydrogen (secondary N) is 13. The second-order valence-electron chi connectivity index (χ2n) is 38.6. The van der Waals surface area contributed by atoms with Gasteiger partial charge in [0, 0.05) is 0 Å². The lowest BCUT2D eigenvalue weighted by Crippen LogP contribution is -2.63. The van der Waals surface area contributed by atoms with Gasteiger partial charge in [-0.1, -0.05) is 197 Å². The molecule has 0 unspecified atom stereocenters. The predicted molar refractivity (Wildman–Crippen MR) is 456 cm³/mol. The Morgan fingerprint density at radius 2 is 0.444 bits per heavy atom. The van der Waals surface area contributed by atoms with Crippen molar-refractivity contribution in [3.63, 3.8) is 0 Å². The molecular formula is C88H155N13O16. The lowest BCUT2D eigenvalue weighted by Gasteiger charge is -2.32. The van der Waals surface area contributed by atoms with Crippen LogP contribution < -0.4 is 69.1 Å². The first-order valence-electron chi connectivity index (χ1n) is 42.9. The van der Waals surface area contributed by atoms with E-state index in [1.807, 2.05) is 197 Å². The SMILES string of the molecule is CC(C)C[C@H](NC(=O)OC(C)(C)C)C(=O)N[C@@H](CC(C)C)C(=O)N[C@@H](CC(C)C)C(=O)N[C@@H](CC(C)C)C(=O)N[C@@H](CC(C)C)C(=O)N[C@@H](CC(C)C)C(=O)NC(C)(C)C(=O)N[C@@H](CC(C)C)C(=O)N[C@@H](CC(C)C)C(=O)N[C@@H](CC(C)C)C(=O)N[C@@H](CC(C)C)C(=O)N[C@@H](CC(C)C)C(=O)N[C@@H](CC(C)C)C(=O)OCc1ccccc1. The van der Waals surface area contributed by atoms with Crippen LogP contribution in [0.3, 0.4) is 0 Å². The topological polar surface area (TPSA) is 414 Å². The third kappa shape index (κ3) is 44.3. The molecule has 0 aliphatic heterocycles. The molecule has 0 fully saturated rings. The lowest BCUT2D eigenvalue weighted by atomic mass is 9.96. The highest BCUT2D eigenvalue weighted by molar-refractivity contribution is 6.00. The average molecular weight is 1650 g/mol. The maximum absolute atomic E-state index is 14.7.